The molecule has 1 aromatic heterocycles. The van der Waals surface area contributed by atoms with Crippen molar-refractivity contribution in [3.8, 4) is 0 Å². The molecule has 0 saturated heterocycles. The van der Waals surface area contributed by atoms with Crippen molar-refractivity contribution in [2.75, 3.05) is 6.61 Å². The van der Waals surface area contributed by atoms with Gasteiger partial charge in [0.2, 0.25) is 0 Å². The molecule has 0 bridgehead atoms. The van der Waals surface area contributed by atoms with Crippen LogP contribution in [-0.2, 0) is 22.0 Å². The molecule has 0 spiro atoms. The normalized spacial score (nSPS) is 11.4. The van der Waals surface area contributed by atoms with Crippen LogP contribution in [0.4, 0.5) is 0 Å². The summed E-state index contributed by atoms with van der Waals surface area (Å²) in [6, 6.07) is 0. The molecule has 0 aliphatic carbocycles. The van der Waals surface area contributed by atoms with Crippen LogP contribution in [0.25, 0.3) is 0 Å². The van der Waals surface area contributed by atoms with Gasteiger partial charge in [-0.3, -0.25) is 4.79 Å². The highest BCUT2D eigenvalue weighted by molar-refractivity contribution is 5.81. The zero-order chi connectivity index (χ0) is 10.8. The van der Waals surface area contributed by atoms with E-state index in [4.69, 9.17) is 4.74 Å². The number of carbonyl (C=O) groups excluding carboxylic acids is 1. The summed E-state index contributed by atoms with van der Waals surface area (Å²) in [5, 5.41) is 0. The number of carbonyl (C=O) groups is 1. The molecule has 1 heterocycles. The van der Waals surface area contributed by atoms with Crippen molar-refractivity contribution in [2.45, 2.75) is 26.2 Å². The second kappa shape index (κ2) is 3.82. The average molecular weight is 196 g/mol. The van der Waals surface area contributed by atoms with Crippen LogP contribution in [0.5, 0.6) is 0 Å². The highest BCUT2D eigenvalue weighted by Crippen LogP contribution is 2.22. The first-order chi connectivity index (χ1) is 6.50. The van der Waals surface area contributed by atoms with Crippen LogP contribution in [-0.4, -0.2) is 22.1 Å². The van der Waals surface area contributed by atoms with E-state index in [9.17, 15) is 4.79 Å². The van der Waals surface area contributed by atoms with Gasteiger partial charge >= 0.3 is 5.97 Å². The average Bonchev–Trinajstić information content (AvgIpc) is 2.52. The molecule has 0 unspecified atom stereocenters. The van der Waals surface area contributed by atoms with Crippen molar-refractivity contribution in [2.24, 2.45) is 7.05 Å². The smallest absolute Gasteiger partial charge is 0.319 e. The number of aryl methyl sites for hydroxylation is 1. The molecule has 0 amide bonds. The molecule has 0 saturated carbocycles. The SMILES string of the molecule is CCOC(=O)C(C)(C)c1nccn1C. The zero-order valence-corrected chi connectivity index (χ0v) is 9.07. The fourth-order valence-corrected chi connectivity index (χ4v) is 1.37. The number of aromatic nitrogens is 2. The predicted molar refractivity (Wildman–Crippen MR) is 52.9 cm³/mol. The third-order valence-electron chi connectivity index (χ3n) is 2.17. The molecule has 14 heavy (non-hydrogen) atoms. The molecule has 0 aliphatic rings. The predicted octanol–water partition coefficient (Wildman–Crippen LogP) is 1.26. The summed E-state index contributed by atoms with van der Waals surface area (Å²) in [5.74, 6) is 0.477. The first kappa shape index (κ1) is 10.8. The fraction of sp³-hybridized carbons (Fsp3) is 0.600. The van der Waals surface area contributed by atoms with Gasteiger partial charge in [-0.05, 0) is 20.8 Å². The first-order valence-electron chi connectivity index (χ1n) is 4.65. The Bertz CT molecular complexity index is 329. The summed E-state index contributed by atoms with van der Waals surface area (Å²) >= 11 is 0. The molecule has 78 valence electrons. The molecular formula is C10H16N2O2. The largest absolute Gasteiger partial charge is 0.465 e. The van der Waals surface area contributed by atoms with E-state index in [0.717, 1.165) is 5.82 Å². The van der Waals surface area contributed by atoms with Crippen molar-refractivity contribution in [1.82, 2.24) is 9.55 Å². The van der Waals surface area contributed by atoms with E-state index in [2.05, 4.69) is 4.98 Å². The number of rotatable bonds is 3. The summed E-state index contributed by atoms with van der Waals surface area (Å²) in [6.07, 6.45) is 3.49. The number of hydrogen-bond donors (Lipinski definition) is 0. The zero-order valence-electron chi connectivity index (χ0n) is 9.07. The summed E-state index contributed by atoms with van der Waals surface area (Å²) in [5.41, 5.74) is -0.686. The minimum absolute atomic E-state index is 0.241. The number of hydrogen-bond acceptors (Lipinski definition) is 3. The van der Waals surface area contributed by atoms with E-state index in [1.54, 1.807) is 13.1 Å². The number of nitrogens with zero attached hydrogens (tertiary/aromatic N) is 2. The summed E-state index contributed by atoms with van der Waals surface area (Å²) < 4.78 is 6.82. The molecule has 0 atom stereocenters. The van der Waals surface area contributed by atoms with Crippen molar-refractivity contribution in [1.29, 1.82) is 0 Å². The van der Waals surface area contributed by atoms with Crippen LogP contribution in [0.2, 0.25) is 0 Å². The van der Waals surface area contributed by atoms with Crippen molar-refractivity contribution < 1.29 is 9.53 Å². The lowest BCUT2D eigenvalue weighted by Crippen LogP contribution is -2.33. The van der Waals surface area contributed by atoms with E-state index < -0.39 is 5.41 Å². The molecule has 0 aromatic carbocycles. The van der Waals surface area contributed by atoms with E-state index in [-0.39, 0.29) is 5.97 Å². The minimum atomic E-state index is -0.686. The molecular weight excluding hydrogens is 180 g/mol. The molecule has 0 fully saturated rings. The van der Waals surface area contributed by atoms with Crippen LogP contribution in [0.3, 0.4) is 0 Å². The van der Waals surface area contributed by atoms with Crippen LogP contribution < -0.4 is 0 Å². The van der Waals surface area contributed by atoms with Crippen molar-refractivity contribution in [3.05, 3.63) is 18.2 Å². The molecule has 0 aliphatic heterocycles. The highest BCUT2D eigenvalue weighted by Gasteiger charge is 2.34. The standard InChI is InChI=1S/C10H16N2O2/c1-5-14-9(13)10(2,3)8-11-6-7-12(8)4/h6-7H,5H2,1-4H3. The van der Waals surface area contributed by atoms with Gasteiger partial charge in [0.15, 0.2) is 0 Å². The van der Waals surface area contributed by atoms with Gasteiger partial charge in [-0.25, -0.2) is 4.98 Å². The van der Waals surface area contributed by atoms with Gasteiger partial charge in [0.1, 0.15) is 11.2 Å². The van der Waals surface area contributed by atoms with Gasteiger partial charge in [-0.2, -0.15) is 0 Å². The third kappa shape index (κ3) is 1.78. The lowest BCUT2D eigenvalue weighted by atomic mass is 9.92. The van der Waals surface area contributed by atoms with Crippen LogP contribution >= 0.6 is 0 Å². The van der Waals surface area contributed by atoms with Crippen molar-refractivity contribution >= 4 is 5.97 Å². The van der Waals surface area contributed by atoms with Crippen LogP contribution in [0, 0.1) is 0 Å². The fourth-order valence-electron chi connectivity index (χ4n) is 1.37. The minimum Gasteiger partial charge on any atom is -0.465 e. The highest BCUT2D eigenvalue weighted by atomic mass is 16.5. The Morgan fingerprint density at radius 3 is 2.71 bits per heavy atom. The summed E-state index contributed by atoms with van der Waals surface area (Å²) in [4.78, 5) is 15.8. The van der Waals surface area contributed by atoms with E-state index in [0.29, 0.717) is 6.61 Å². The second-order valence-electron chi connectivity index (χ2n) is 3.71. The van der Waals surface area contributed by atoms with Gasteiger partial charge in [0, 0.05) is 19.4 Å². The quantitative estimate of drug-likeness (QED) is 0.684. The number of imidazole rings is 1. The maximum atomic E-state index is 11.6. The van der Waals surface area contributed by atoms with E-state index >= 15 is 0 Å². The van der Waals surface area contributed by atoms with Crippen LogP contribution in [0.15, 0.2) is 12.4 Å². The molecule has 1 aromatic rings. The number of esters is 1. The van der Waals surface area contributed by atoms with Gasteiger partial charge < -0.3 is 9.30 Å². The van der Waals surface area contributed by atoms with E-state index in [1.165, 1.54) is 0 Å². The molecule has 0 N–H and O–H groups in total. The van der Waals surface area contributed by atoms with Gasteiger partial charge in [-0.1, -0.05) is 0 Å². The second-order valence-corrected chi connectivity index (χ2v) is 3.71. The Morgan fingerprint density at radius 2 is 2.29 bits per heavy atom. The van der Waals surface area contributed by atoms with Gasteiger partial charge in [0.25, 0.3) is 0 Å². The summed E-state index contributed by atoms with van der Waals surface area (Å²) in [6.45, 7) is 5.82. The topological polar surface area (TPSA) is 44.1 Å². The molecule has 1 rings (SSSR count). The lowest BCUT2D eigenvalue weighted by Gasteiger charge is -2.21. The van der Waals surface area contributed by atoms with Crippen LogP contribution in [0.1, 0.15) is 26.6 Å². The Hall–Kier alpha value is -1.32. The summed E-state index contributed by atoms with van der Waals surface area (Å²) in [7, 11) is 1.86. The first-order valence-corrected chi connectivity index (χ1v) is 4.65. The maximum Gasteiger partial charge on any atom is 0.319 e. The Kier molecular flexibility index (Phi) is 2.93. The lowest BCUT2D eigenvalue weighted by molar-refractivity contribution is -0.149. The van der Waals surface area contributed by atoms with Gasteiger partial charge in [0.05, 0.1) is 6.61 Å². The van der Waals surface area contributed by atoms with E-state index in [1.807, 2.05) is 31.7 Å². The Morgan fingerprint density at radius 1 is 1.64 bits per heavy atom. The van der Waals surface area contributed by atoms with Gasteiger partial charge in [-0.15, -0.1) is 0 Å². The molecule has 4 nitrogen and oxygen atoms in total. The number of ether oxygens (including phenoxy) is 1. The monoisotopic (exact) mass is 196 g/mol. The molecule has 4 heteroatoms. The van der Waals surface area contributed by atoms with Crippen molar-refractivity contribution in [3.63, 3.8) is 0 Å². The Balaban J connectivity index is 2.95. The third-order valence-corrected chi connectivity index (χ3v) is 2.17. The molecule has 0 radical (unpaired) electrons. The Labute approximate surface area is 83.9 Å². The maximum absolute atomic E-state index is 11.6.